The van der Waals surface area contributed by atoms with Crippen LogP contribution >= 0.6 is 11.8 Å². The van der Waals surface area contributed by atoms with Crippen LogP contribution in [-0.4, -0.2) is 33.5 Å². The van der Waals surface area contributed by atoms with Crippen LogP contribution in [0.4, 0.5) is 18.9 Å². The maximum atomic E-state index is 13.7. The van der Waals surface area contributed by atoms with Gasteiger partial charge < -0.3 is 14.6 Å². The van der Waals surface area contributed by atoms with Crippen molar-refractivity contribution in [2.45, 2.75) is 18.6 Å². The normalized spacial score (nSPS) is 10.8. The lowest BCUT2D eigenvalue weighted by molar-refractivity contribution is -0.113. The lowest BCUT2D eigenvalue weighted by atomic mass is 10.2. The molecule has 0 aliphatic rings. The van der Waals surface area contributed by atoms with Crippen LogP contribution in [0.5, 0.6) is 5.75 Å². The Balaban J connectivity index is 1.74. The van der Waals surface area contributed by atoms with Gasteiger partial charge in [-0.05, 0) is 31.2 Å². The number of anilines is 1. The van der Waals surface area contributed by atoms with E-state index in [9.17, 15) is 18.0 Å². The van der Waals surface area contributed by atoms with Gasteiger partial charge in [0.1, 0.15) is 5.75 Å². The monoisotopic (exact) mass is 422 g/mol. The molecule has 3 rings (SSSR count). The molecule has 152 valence electrons. The zero-order chi connectivity index (χ0) is 21.0. The largest absolute Gasteiger partial charge is 0.496 e. The van der Waals surface area contributed by atoms with Crippen molar-refractivity contribution in [1.29, 1.82) is 0 Å². The number of halogens is 3. The molecule has 0 aliphatic carbocycles. The molecule has 0 saturated carbocycles. The van der Waals surface area contributed by atoms with Crippen molar-refractivity contribution in [3.63, 3.8) is 0 Å². The highest BCUT2D eigenvalue weighted by Gasteiger charge is 2.19. The summed E-state index contributed by atoms with van der Waals surface area (Å²) >= 11 is 1.09. The molecule has 1 heterocycles. The van der Waals surface area contributed by atoms with Gasteiger partial charge in [0.2, 0.25) is 5.91 Å². The number of carbonyl (C=O) groups is 1. The molecule has 2 aromatic carbocycles. The number of hydrogen-bond acceptors (Lipinski definition) is 5. The summed E-state index contributed by atoms with van der Waals surface area (Å²) in [4.78, 5) is 12.1. The second-order valence-electron chi connectivity index (χ2n) is 5.81. The predicted octanol–water partition coefficient (Wildman–Crippen LogP) is 4.12. The average molecular weight is 422 g/mol. The Morgan fingerprint density at radius 2 is 1.90 bits per heavy atom. The molecular formula is C19H17F3N4O2S. The van der Waals surface area contributed by atoms with Gasteiger partial charge in [0, 0.05) is 6.54 Å². The summed E-state index contributed by atoms with van der Waals surface area (Å²) in [6.45, 7) is 2.45. The topological polar surface area (TPSA) is 69.0 Å². The van der Waals surface area contributed by atoms with Crippen molar-refractivity contribution in [2.75, 3.05) is 18.2 Å². The van der Waals surface area contributed by atoms with E-state index in [1.54, 1.807) is 13.2 Å². The van der Waals surface area contributed by atoms with Crippen molar-refractivity contribution in [1.82, 2.24) is 14.8 Å². The number of thioether (sulfide) groups is 1. The number of ether oxygens (including phenoxy) is 1. The molecule has 0 unspecified atom stereocenters. The van der Waals surface area contributed by atoms with E-state index >= 15 is 0 Å². The van der Waals surface area contributed by atoms with E-state index in [0.29, 0.717) is 23.3 Å². The molecule has 29 heavy (non-hydrogen) atoms. The fraction of sp³-hybridized carbons (Fsp3) is 0.211. The van der Waals surface area contributed by atoms with Crippen LogP contribution in [0.1, 0.15) is 6.92 Å². The molecule has 10 heteroatoms. The first-order valence-corrected chi connectivity index (χ1v) is 9.57. The number of nitrogens with zero attached hydrogens (tertiary/aromatic N) is 3. The minimum Gasteiger partial charge on any atom is -0.496 e. The van der Waals surface area contributed by atoms with Crippen molar-refractivity contribution in [2.24, 2.45) is 0 Å². The van der Waals surface area contributed by atoms with Gasteiger partial charge in [0.15, 0.2) is 28.4 Å². The van der Waals surface area contributed by atoms with E-state index in [0.717, 1.165) is 29.5 Å². The van der Waals surface area contributed by atoms with Gasteiger partial charge >= 0.3 is 0 Å². The Bertz CT molecular complexity index is 1040. The molecule has 1 N–H and O–H groups in total. The molecule has 0 aliphatic heterocycles. The van der Waals surface area contributed by atoms with Gasteiger partial charge in [-0.3, -0.25) is 4.79 Å². The summed E-state index contributed by atoms with van der Waals surface area (Å²) in [5.74, 6) is -3.90. The maximum Gasteiger partial charge on any atom is 0.234 e. The third-order valence-electron chi connectivity index (χ3n) is 4.02. The second-order valence-corrected chi connectivity index (χ2v) is 6.75. The van der Waals surface area contributed by atoms with Crippen LogP contribution in [0.2, 0.25) is 0 Å². The molecule has 3 aromatic rings. The lowest BCUT2D eigenvalue weighted by Gasteiger charge is -2.10. The number of amides is 1. The van der Waals surface area contributed by atoms with E-state index in [2.05, 4.69) is 15.5 Å². The van der Waals surface area contributed by atoms with Gasteiger partial charge in [-0.2, -0.15) is 0 Å². The number of hydrogen-bond donors (Lipinski definition) is 1. The summed E-state index contributed by atoms with van der Waals surface area (Å²) in [5, 5.41) is 11.0. The van der Waals surface area contributed by atoms with E-state index in [4.69, 9.17) is 4.74 Å². The number of benzene rings is 2. The number of methoxy groups -OCH3 is 1. The van der Waals surface area contributed by atoms with Gasteiger partial charge in [0.25, 0.3) is 0 Å². The molecule has 1 aromatic heterocycles. The average Bonchev–Trinajstić information content (AvgIpc) is 3.15. The molecule has 0 spiro atoms. The summed E-state index contributed by atoms with van der Waals surface area (Å²) < 4.78 is 47.1. The van der Waals surface area contributed by atoms with Crippen LogP contribution in [0.15, 0.2) is 41.6 Å². The SMILES string of the molecule is CCn1c(SCC(=O)Nc2ccc(F)c(F)c2F)nnc1-c1ccccc1OC. The molecule has 0 saturated heterocycles. The highest BCUT2D eigenvalue weighted by molar-refractivity contribution is 7.99. The van der Waals surface area contributed by atoms with E-state index in [-0.39, 0.29) is 5.75 Å². The summed E-state index contributed by atoms with van der Waals surface area (Å²) in [6.07, 6.45) is 0. The van der Waals surface area contributed by atoms with Crippen LogP contribution in [0, 0.1) is 17.5 Å². The molecule has 0 bridgehead atoms. The van der Waals surface area contributed by atoms with Crippen molar-refractivity contribution < 1.29 is 22.7 Å². The second kappa shape index (κ2) is 8.99. The highest BCUT2D eigenvalue weighted by atomic mass is 32.2. The fourth-order valence-electron chi connectivity index (χ4n) is 2.65. The molecular weight excluding hydrogens is 405 g/mol. The lowest BCUT2D eigenvalue weighted by Crippen LogP contribution is -2.16. The van der Waals surface area contributed by atoms with Gasteiger partial charge in [0.05, 0.1) is 24.1 Å². The number of carbonyl (C=O) groups excluding carboxylic acids is 1. The maximum absolute atomic E-state index is 13.7. The number of rotatable bonds is 7. The number of para-hydroxylation sites is 1. The summed E-state index contributed by atoms with van der Waals surface area (Å²) in [5.41, 5.74) is 0.325. The molecule has 6 nitrogen and oxygen atoms in total. The molecule has 1 amide bonds. The van der Waals surface area contributed by atoms with Crippen molar-refractivity contribution in [3.05, 3.63) is 53.8 Å². The van der Waals surface area contributed by atoms with Crippen LogP contribution < -0.4 is 10.1 Å². The quantitative estimate of drug-likeness (QED) is 0.458. The van der Waals surface area contributed by atoms with E-state index in [1.165, 1.54) is 0 Å². The summed E-state index contributed by atoms with van der Waals surface area (Å²) in [6, 6.07) is 9.05. The zero-order valence-corrected chi connectivity index (χ0v) is 16.4. The standard InChI is InChI=1S/C19H17F3N4O2S/c1-3-26-18(11-6-4-5-7-14(11)28-2)24-25-19(26)29-10-15(27)23-13-9-8-12(20)16(21)17(13)22/h4-9H,3,10H2,1-2H3,(H,23,27). The van der Waals surface area contributed by atoms with Crippen LogP contribution in [0.25, 0.3) is 11.4 Å². The Morgan fingerprint density at radius 1 is 1.14 bits per heavy atom. The summed E-state index contributed by atoms with van der Waals surface area (Å²) in [7, 11) is 1.56. The smallest absolute Gasteiger partial charge is 0.234 e. The zero-order valence-electron chi connectivity index (χ0n) is 15.6. The number of aromatic nitrogens is 3. The molecule has 0 radical (unpaired) electrons. The van der Waals surface area contributed by atoms with Gasteiger partial charge in [-0.15, -0.1) is 10.2 Å². The van der Waals surface area contributed by atoms with Crippen molar-refractivity contribution >= 4 is 23.4 Å². The Hall–Kier alpha value is -3.01. The first-order chi connectivity index (χ1) is 14.0. The molecule has 0 atom stereocenters. The highest BCUT2D eigenvalue weighted by Crippen LogP contribution is 2.31. The van der Waals surface area contributed by atoms with E-state index < -0.39 is 29.0 Å². The third kappa shape index (κ3) is 4.37. The Labute approximate surface area is 169 Å². The van der Waals surface area contributed by atoms with Gasteiger partial charge in [-0.25, -0.2) is 13.2 Å². The third-order valence-corrected chi connectivity index (χ3v) is 4.99. The molecule has 0 fully saturated rings. The van der Waals surface area contributed by atoms with E-state index in [1.807, 2.05) is 29.7 Å². The van der Waals surface area contributed by atoms with Crippen molar-refractivity contribution in [3.8, 4) is 17.1 Å². The minimum atomic E-state index is -1.64. The number of nitrogens with one attached hydrogen (secondary N) is 1. The first-order valence-electron chi connectivity index (χ1n) is 8.59. The predicted molar refractivity (Wildman–Crippen MR) is 103 cm³/mol. The Kier molecular flexibility index (Phi) is 6.42. The first kappa shape index (κ1) is 20.7. The fourth-order valence-corrected chi connectivity index (χ4v) is 3.45. The Morgan fingerprint density at radius 3 is 2.62 bits per heavy atom. The minimum absolute atomic E-state index is 0.123. The van der Waals surface area contributed by atoms with Gasteiger partial charge in [-0.1, -0.05) is 23.9 Å². The van der Waals surface area contributed by atoms with Crippen LogP contribution in [0.3, 0.4) is 0 Å². The van der Waals surface area contributed by atoms with Crippen LogP contribution in [-0.2, 0) is 11.3 Å².